The molecule has 1 saturated carbocycles. The van der Waals surface area contributed by atoms with Crippen molar-refractivity contribution in [3.8, 4) is 0 Å². The van der Waals surface area contributed by atoms with Crippen LogP contribution in [0.1, 0.15) is 48.4 Å². The van der Waals surface area contributed by atoms with Crippen molar-refractivity contribution in [2.75, 3.05) is 18.5 Å². The van der Waals surface area contributed by atoms with Crippen LogP contribution >= 0.6 is 11.3 Å². The number of hydrogen-bond donors (Lipinski definition) is 2. The van der Waals surface area contributed by atoms with Crippen LogP contribution in [0.4, 0.5) is 5.69 Å². The lowest BCUT2D eigenvalue weighted by Crippen LogP contribution is -2.38. The molecule has 0 radical (unpaired) electrons. The van der Waals surface area contributed by atoms with Crippen LogP contribution in [0.5, 0.6) is 0 Å². The average molecular weight is 388 g/mol. The molecule has 1 amide bonds. The van der Waals surface area contributed by atoms with E-state index in [2.05, 4.69) is 15.2 Å². The smallest absolute Gasteiger partial charge is 0.231 e. The Morgan fingerprint density at radius 2 is 2.00 bits per heavy atom. The summed E-state index contributed by atoms with van der Waals surface area (Å²) in [6.07, 6.45) is 6.57. The highest BCUT2D eigenvalue weighted by molar-refractivity contribution is 7.09. The van der Waals surface area contributed by atoms with E-state index in [1.807, 2.05) is 36.6 Å². The molecule has 0 aliphatic heterocycles. The normalized spacial score (nSPS) is 15.2. The van der Waals surface area contributed by atoms with Gasteiger partial charge in [-0.1, -0.05) is 37.0 Å². The number of aliphatic hydroxyl groups is 1. The zero-order valence-corrected chi connectivity index (χ0v) is 16.8. The number of rotatable bonds is 8. The minimum absolute atomic E-state index is 0.0424. The van der Waals surface area contributed by atoms with Crippen LogP contribution in [0.15, 0.2) is 29.6 Å². The number of anilines is 1. The Balaban J connectivity index is 1.54. The predicted molar refractivity (Wildman–Crippen MR) is 110 cm³/mol. The second-order valence-corrected chi connectivity index (χ2v) is 8.25. The molecule has 6 heteroatoms. The predicted octanol–water partition coefficient (Wildman–Crippen LogP) is 3.76. The minimum atomic E-state index is -0.0424. The Morgan fingerprint density at radius 3 is 2.70 bits per heavy atom. The summed E-state index contributed by atoms with van der Waals surface area (Å²) in [4.78, 5) is 19.3. The molecule has 1 fully saturated rings. The van der Waals surface area contributed by atoms with E-state index in [4.69, 9.17) is 0 Å². The van der Waals surface area contributed by atoms with Gasteiger partial charge < -0.3 is 10.4 Å². The summed E-state index contributed by atoms with van der Waals surface area (Å²) < 4.78 is 0. The van der Waals surface area contributed by atoms with E-state index < -0.39 is 0 Å². The van der Waals surface area contributed by atoms with E-state index in [0.717, 1.165) is 22.9 Å². The van der Waals surface area contributed by atoms with E-state index in [0.29, 0.717) is 19.0 Å². The molecule has 0 saturated heterocycles. The fourth-order valence-corrected chi connectivity index (χ4v) is 4.44. The Hall–Kier alpha value is -1.76. The first-order valence-corrected chi connectivity index (χ1v) is 10.7. The summed E-state index contributed by atoms with van der Waals surface area (Å²) in [5.74, 6) is -0.0424. The Labute approximate surface area is 165 Å². The maximum atomic E-state index is 12.3. The molecule has 146 valence electrons. The molecule has 0 atom stereocenters. The van der Waals surface area contributed by atoms with Crippen molar-refractivity contribution < 1.29 is 9.90 Å². The van der Waals surface area contributed by atoms with Gasteiger partial charge in [-0.05, 0) is 31.9 Å². The van der Waals surface area contributed by atoms with Gasteiger partial charge in [-0.2, -0.15) is 0 Å². The number of carbonyl (C=O) groups is 1. The highest BCUT2D eigenvalue weighted by Crippen LogP contribution is 2.24. The third-order valence-electron chi connectivity index (χ3n) is 5.09. The number of hydrogen-bond acceptors (Lipinski definition) is 5. The van der Waals surface area contributed by atoms with E-state index in [-0.39, 0.29) is 12.5 Å². The van der Waals surface area contributed by atoms with Gasteiger partial charge in [0.1, 0.15) is 5.01 Å². The highest BCUT2D eigenvalue weighted by atomic mass is 32.1. The van der Waals surface area contributed by atoms with Crippen molar-refractivity contribution in [2.24, 2.45) is 0 Å². The first-order valence-electron chi connectivity index (χ1n) is 9.79. The average Bonchev–Trinajstić information content (AvgIpc) is 3.11. The quantitative estimate of drug-likeness (QED) is 0.724. The molecule has 1 aromatic carbocycles. The topological polar surface area (TPSA) is 65.5 Å². The third-order valence-corrected chi connectivity index (χ3v) is 5.99. The van der Waals surface area contributed by atoms with Crippen LogP contribution in [-0.4, -0.2) is 40.1 Å². The van der Waals surface area contributed by atoms with Crippen LogP contribution < -0.4 is 5.32 Å². The molecule has 3 rings (SSSR count). The number of nitrogens with one attached hydrogen (secondary N) is 1. The molecule has 2 N–H and O–H groups in total. The van der Waals surface area contributed by atoms with Crippen molar-refractivity contribution in [1.82, 2.24) is 9.88 Å². The molecular formula is C21H29N3O2S. The largest absolute Gasteiger partial charge is 0.395 e. The van der Waals surface area contributed by atoms with Gasteiger partial charge in [0.15, 0.2) is 0 Å². The van der Waals surface area contributed by atoms with Crippen LogP contribution in [0.3, 0.4) is 0 Å². The van der Waals surface area contributed by atoms with Gasteiger partial charge in [-0.25, -0.2) is 4.98 Å². The van der Waals surface area contributed by atoms with Gasteiger partial charge >= 0.3 is 0 Å². The second-order valence-electron chi connectivity index (χ2n) is 7.31. The fraction of sp³-hybridized carbons (Fsp3) is 0.524. The number of aliphatic hydroxyl groups excluding tert-OH is 1. The lowest BCUT2D eigenvalue weighted by molar-refractivity contribution is -0.115. The summed E-state index contributed by atoms with van der Waals surface area (Å²) >= 11 is 1.54. The van der Waals surface area contributed by atoms with Gasteiger partial charge in [-0.15, -0.1) is 11.3 Å². The lowest BCUT2D eigenvalue weighted by atomic mass is 9.94. The SMILES string of the molecule is Cc1ccc(NC(=O)Cc2nc(CN(CCO)C3CCCCC3)cs2)cc1. The molecule has 2 aromatic rings. The number of amides is 1. The molecule has 1 aromatic heterocycles. The standard InChI is InChI=1S/C21H29N3O2S/c1-16-7-9-17(10-8-16)22-20(26)13-21-23-18(15-27-21)14-24(11-12-25)19-5-3-2-4-6-19/h7-10,15,19,25H,2-6,11-14H2,1H3,(H,22,26). The van der Waals surface area contributed by atoms with Crippen LogP contribution in [0.25, 0.3) is 0 Å². The van der Waals surface area contributed by atoms with Gasteiger partial charge in [0.25, 0.3) is 0 Å². The van der Waals surface area contributed by atoms with Crippen molar-refractivity contribution in [1.29, 1.82) is 0 Å². The summed E-state index contributed by atoms with van der Waals surface area (Å²) in [6.45, 7) is 3.63. The Kier molecular flexibility index (Phi) is 7.38. The summed E-state index contributed by atoms with van der Waals surface area (Å²) in [6, 6.07) is 8.34. The molecule has 5 nitrogen and oxygen atoms in total. The highest BCUT2D eigenvalue weighted by Gasteiger charge is 2.21. The summed E-state index contributed by atoms with van der Waals surface area (Å²) in [5, 5.41) is 15.2. The van der Waals surface area contributed by atoms with E-state index in [1.165, 1.54) is 49.0 Å². The Bertz CT molecular complexity index is 723. The molecule has 1 aliphatic rings. The molecule has 1 heterocycles. The number of thiazole rings is 1. The maximum Gasteiger partial charge on any atom is 0.231 e. The van der Waals surface area contributed by atoms with Crippen molar-refractivity contribution in [3.05, 3.63) is 45.9 Å². The fourth-order valence-electron chi connectivity index (χ4n) is 3.66. The molecule has 1 aliphatic carbocycles. The van der Waals surface area contributed by atoms with E-state index in [9.17, 15) is 9.90 Å². The van der Waals surface area contributed by atoms with E-state index in [1.54, 1.807) is 0 Å². The number of benzene rings is 1. The Morgan fingerprint density at radius 1 is 1.26 bits per heavy atom. The zero-order chi connectivity index (χ0) is 19.1. The van der Waals surface area contributed by atoms with Gasteiger partial charge in [0, 0.05) is 30.2 Å². The van der Waals surface area contributed by atoms with Crippen LogP contribution in [0, 0.1) is 6.92 Å². The monoisotopic (exact) mass is 387 g/mol. The maximum absolute atomic E-state index is 12.3. The zero-order valence-electron chi connectivity index (χ0n) is 16.0. The first-order chi connectivity index (χ1) is 13.1. The number of carbonyl (C=O) groups excluding carboxylic acids is 1. The van der Waals surface area contributed by atoms with Gasteiger partial charge in [0.2, 0.25) is 5.91 Å². The molecular weight excluding hydrogens is 358 g/mol. The summed E-state index contributed by atoms with van der Waals surface area (Å²) in [7, 11) is 0. The van der Waals surface area contributed by atoms with Crippen molar-refractivity contribution in [2.45, 2.75) is 58.0 Å². The minimum Gasteiger partial charge on any atom is -0.395 e. The van der Waals surface area contributed by atoms with Crippen LogP contribution in [-0.2, 0) is 17.8 Å². The second kappa shape index (κ2) is 9.97. The van der Waals surface area contributed by atoms with E-state index >= 15 is 0 Å². The number of nitrogens with zero attached hydrogens (tertiary/aromatic N) is 2. The number of aromatic nitrogens is 1. The van der Waals surface area contributed by atoms with Crippen molar-refractivity contribution >= 4 is 22.9 Å². The number of aryl methyl sites for hydroxylation is 1. The third kappa shape index (κ3) is 6.13. The summed E-state index contributed by atoms with van der Waals surface area (Å²) in [5.41, 5.74) is 2.98. The molecule has 0 unspecified atom stereocenters. The lowest BCUT2D eigenvalue weighted by Gasteiger charge is -2.33. The van der Waals surface area contributed by atoms with Crippen molar-refractivity contribution in [3.63, 3.8) is 0 Å². The van der Waals surface area contributed by atoms with Gasteiger partial charge in [0.05, 0.1) is 18.7 Å². The first kappa shape index (κ1) is 20.0. The molecule has 0 spiro atoms. The van der Waals surface area contributed by atoms with Gasteiger partial charge in [-0.3, -0.25) is 9.69 Å². The molecule has 0 bridgehead atoms. The molecule has 27 heavy (non-hydrogen) atoms. The van der Waals surface area contributed by atoms with Crippen LogP contribution in [0.2, 0.25) is 0 Å².